The maximum absolute atomic E-state index is 13.6. The predicted octanol–water partition coefficient (Wildman–Crippen LogP) is 3.43. The highest BCUT2D eigenvalue weighted by Crippen LogP contribution is 2.39. The molecule has 1 heterocycles. The molecule has 1 amide bonds. The van der Waals surface area contributed by atoms with Gasteiger partial charge < -0.3 is 21.1 Å². The van der Waals surface area contributed by atoms with Crippen molar-refractivity contribution in [3.8, 4) is 0 Å². The van der Waals surface area contributed by atoms with Crippen molar-refractivity contribution in [2.24, 2.45) is 5.73 Å². The average Bonchev–Trinajstić information content (AvgIpc) is 2.91. The van der Waals surface area contributed by atoms with Crippen molar-refractivity contribution >= 4 is 21.6 Å². The summed E-state index contributed by atoms with van der Waals surface area (Å²) >= 11 is 0. The van der Waals surface area contributed by atoms with E-state index in [0.717, 1.165) is 17.5 Å². The number of amides is 1. The first-order valence-corrected chi connectivity index (χ1v) is 14.3. The van der Waals surface area contributed by atoms with Crippen LogP contribution in [0.4, 0.5) is 5.69 Å². The first-order valence-electron chi connectivity index (χ1n) is 12.8. The average molecular weight is 537 g/mol. The lowest BCUT2D eigenvalue weighted by Gasteiger charge is -2.43. The van der Waals surface area contributed by atoms with Gasteiger partial charge in [0.2, 0.25) is 10.0 Å². The Hall–Kier alpha value is -3.24. The van der Waals surface area contributed by atoms with Gasteiger partial charge in [-0.15, -0.1) is 0 Å². The van der Waals surface area contributed by atoms with Crippen molar-refractivity contribution < 1.29 is 18.3 Å². The van der Waals surface area contributed by atoms with E-state index >= 15 is 0 Å². The zero-order chi connectivity index (χ0) is 27.5. The molecule has 202 valence electrons. The van der Waals surface area contributed by atoms with E-state index in [1.54, 1.807) is 61.2 Å². The first-order chi connectivity index (χ1) is 18.1. The van der Waals surface area contributed by atoms with Crippen molar-refractivity contribution in [2.75, 3.05) is 18.4 Å². The third-order valence-electron chi connectivity index (χ3n) is 6.97. The summed E-state index contributed by atoms with van der Waals surface area (Å²) in [4.78, 5) is 15.3. The fourth-order valence-electron chi connectivity index (χ4n) is 4.74. The summed E-state index contributed by atoms with van der Waals surface area (Å²) in [7, 11) is -3.96. The van der Waals surface area contributed by atoms with Crippen molar-refractivity contribution in [1.29, 1.82) is 0 Å². The number of carbonyl (C=O) groups excluding carboxylic acids is 1. The highest BCUT2D eigenvalue weighted by atomic mass is 32.2. The highest BCUT2D eigenvalue weighted by molar-refractivity contribution is 7.89. The molecule has 2 atom stereocenters. The number of nitrogens with one attached hydrogen (secondary N) is 2. The molecule has 0 fully saturated rings. The quantitative estimate of drug-likeness (QED) is 0.332. The van der Waals surface area contributed by atoms with E-state index in [2.05, 4.69) is 10.0 Å². The molecule has 5 N–H and O–H groups in total. The molecular weight excluding hydrogens is 500 g/mol. The van der Waals surface area contributed by atoms with E-state index in [4.69, 9.17) is 5.73 Å². The van der Waals surface area contributed by atoms with Crippen LogP contribution in [0.2, 0.25) is 0 Å². The number of hydrogen-bond donors (Lipinski definition) is 4. The second-order valence-corrected chi connectivity index (χ2v) is 11.9. The number of rotatable bonds is 9. The summed E-state index contributed by atoms with van der Waals surface area (Å²) in [6.07, 6.45) is -0.306. The van der Waals surface area contributed by atoms with E-state index in [-0.39, 0.29) is 10.8 Å². The number of aliphatic hydroxyl groups excluding tert-OH is 1. The summed E-state index contributed by atoms with van der Waals surface area (Å²) in [5, 5.41) is 14.5. The Bertz CT molecular complexity index is 1380. The summed E-state index contributed by atoms with van der Waals surface area (Å²) < 4.78 is 29.4. The number of nitrogens with zero attached hydrogens (tertiary/aromatic N) is 1. The Morgan fingerprint density at radius 2 is 1.74 bits per heavy atom. The van der Waals surface area contributed by atoms with Gasteiger partial charge in [0.1, 0.15) is 0 Å². The Balaban J connectivity index is 1.68. The SMILES string of the molecule is CCc1ccc(S(=O)(=O)N[C@@H]2c3cc(C(=O)N(CCN)Cc4ccccc4)ccc3NC(C)(C)[C@H]2O)cc1. The van der Waals surface area contributed by atoms with E-state index in [9.17, 15) is 18.3 Å². The van der Waals surface area contributed by atoms with Crippen LogP contribution in [0.25, 0.3) is 0 Å². The zero-order valence-corrected chi connectivity index (χ0v) is 22.8. The summed E-state index contributed by atoms with van der Waals surface area (Å²) in [6.45, 7) is 6.67. The highest BCUT2D eigenvalue weighted by Gasteiger charge is 2.43. The normalized spacial score (nSPS) is 18.3. The van der Waals surface area contributed by atoms with Gasteiger partial charge in [-0.05, 0) is 67.3 Å². The minimum Gasteiger partial charge on any atom is -0.389 e. The molecule has 1 aliphatic rings. The second-order valence-electron chi connectivity index (χ2n) is 10.2. The molecule has 0 spiro atoms. The fourth-order valence-corrected chi connectivity index (χ4v) is 5.96. The predicted molar refractivity (Wildman–Crippen MR) is 149 cm³/mol. The Kier molecular flexibility index (Phi) is 8.22. The van der Waals surface area contributed by atoms with Gasteiger partial charge in [0.25, 0.3) is 5.91 Å². The van der Waals surface area contributed by atoms with Crippen molar-refractivity contribution in [2.45, 2.75) is 56.3 Å². The van der Waals surface area contributed by atoms with Crippen molar-refractivity contribution in [1.82, 2.24) is 9.62 Å². The lowest BCUT2D eigenvalue weighted by Crippen LogP contribution is -2.54. The maximum atomic E-state index is 13.6. The smallest absolute Gasteiger partial charge is 0.254 e. The number of carbonyl (C=O) groups is 1. The van der Waals surface area contributed by atoms with Crippen LogP contribution < -0.4 is 15.8 Å². The molecule has 0 radical (unpaired) electrons. The van der Waals surface area contributed by atoms with E-state index in [0.29, 0.717) is 36.4 Å². The van der Waals surface area contributed by atoms with Crippen LogP contribution in [0.1, 0.15) is 53.9 Å². The van der Waals surface area contributed by atoms with Crippen LogP contribution in [0.15, 0.2) is 77.7 Å². The molecule has 38 heavy (non-hydrogen) atoms. The molecule has 0 aromatic heterocycles. The number of anilines is 1. The Labute approximate surface area is 224 Å². The first kappa shape index (κ1) is 27.8. The van der Waals surface area contributed by atoms with E-state index < -0.39 is 27.7 Å². The van der Waals surface area contributed by atoms with Gasteiger partial charge >= 0.3 is 0 Å². The Morgan fingerprint density at radius 3 is 2.37 bits per heavy atom. The topological polar surface area (TPSA) is 125 Å². The van der Waals surface area contributed by atoms with Crippen LogP contribution in [0.3, 0.4) is 0 Å². The molecule has 0 aliphatic carbocycles. The summed E-state index contributed by atoms with van der Waals surface area (Å²) in [5.41, 5.74) is 8.53. The number of fused-ring (bicyclic) bond motifs is 1. The van der Waals surface area contributed by atoms with Crippen LogP contribution in [0, 0.1) is 0 Å². The van der Waals surface area contributed by atoms with Gasteiger partial charge in [0.15, 0.2) is 0 Å². The third-order valence-corrected chi connectivity index (χ3v) is 8.43. The molecule has 3 aromatic carbocycles. The molecule has 9 heteroatoms. The molecule has 0 unspecified atom stereocenters. The van der Waals surface area contributed by atoms with Gasteiger partial charge in [-0.2, -0.15) is 0 Å². The number of benzene rings is 3. The van der Waals surface area contributed by atoms with Gasteiger partial charge in [-0.3, -0.25) is 4.79 Å². The second kappa shape index (κ2) is 11.2. The van der Waals surface area contributed by atoms with E-state index in [1.807, 2.05) is 37.3 Å². The molecule has 0 saturated heterocycles. The van der Waals surface area contributed by atoms with E-state index in [1.165, 1.54) is 0 Å². The van der Waals surface area contributed by atoms with Gasteiger partial charge in [0.05, 0.1) is 22.6 Å². The molecule has 4 rings (SSSR count). The van der Waals surface area contributed by atoms with Gasteiger partial charge in [-0.1, -0.05) is 49.4 Å². The van der Waals surface area contributed by atoms with Crippen LogP contribution in [-0.4, -0.2) is 49.1 Å². The largest absolute Gasteiger partial charge is 0.389 e. The number of sulfonamides is 1. The van der Waals surface area contributed by atoms with Crippen molar-refractivity contribution in [3.63, 3.8) is 0 Å². The van der Waals surface area contributed by atoms with Crippen molar-refractivity contribution in [3.05, 3.63) is 95.1 Å². The number of nitrogens with two attached hydrogens (primary N) is 1. The summed E-state index contributed by atoms with van der Waals surface area (Å²) in [5.74, 6) is -0.224. The lowest BCUT2D eigenvalue weighted by molar-refractivity contribution is 0.0738. The van der Waals surface area contributed by atoms with Gasteiger partial charge in [-0.25, -0.2) is 13.1 Å². The molecule has 1 aliphatic heterocycles. The number of aliphatic hydroxyl groups is 1. The lowest BCUT2D eigenvalue weighted by atomic mass is 9.82. The standard InChI is InChI=1S/C29H36N4O4S/c1-4-20-10-13-23(14-11-20)38(36,37)32-26-24-18-22(12-15-25(24)31-29(2,3)27(26)34)28(35)33(17-16-30)19-21-8-6-5-7-9-21/h5-15,18,26-27,31-32,34H,4,16-17,19,30H2,1-3H3/t26-,27+/m1/s1. The zero-order valence-electron chi connectivity index (χ0n) is 22.0. The molecule has 8 nitrogen and oxygen atoms in total. The van der Waals surface area contributed by atoms with Crippen LogP contribution in [-0.2, 0) is 23.0 Å². The number of hydrogen-bond acceptors (Lipinski definition) is 6. The minimum atomic E-state index is -3.96. The third kappa shape index (κ3) is 5.91. The maximum Gasteiger partial charge on any atom is 0.254 e. The molecule has 3 aromatic rings. The van der Waals surface area contributed by atoms with Gasteiger partial charge in [0, 0.05) is 30.9 Å². The monoisotopic (exact) mass is 536 g/mol. The van der Waals surface area contributed by atoms with Crippen LogP contribution >= 0.6 is 0 Å². The Morgan fingerprint density at radius 1 is 1.05 bits per heavy atom. The molecule has 0 bridgehead atoms. The molecular formula is C29H36N4O4S. The minimum absolute atomic E-state index is 0.115. The summed E-state index contributed by atoms with van der Waals surface area (Å²) in [6, 6.07) is 20.5. The molecule has 0 saturated carbocycles. The fraction of sp³-hybridized carbons (Fsp3) is 0.345. The number of aryl methyl sites for hydroxylation is 1. The van der Waals surface area contributed by atoms with Crippen LogP contribution in [0.5, 0.6) is 0 Å².